The monoisotopic (exact) mass is 204 g/mol. The maximum atomic E-state index is 5.94. The summed E-state index contributed by atoms with van der Waals surface area (Å²) in [5.74, 6) is 1.67. The van der Waals surface area contributed by atoms with Crippen LogP contribution >= 0.6 is 0 Å². The lowest BCUT2D eigenvalue weighted by atomic mass is 9.92. The minimum atomic E-state index is 0.154. The van der Waals surface area contributed by atoms with Crippen molar-refractivity contribution in [3.05, 3.63) is 35.6 Å². The van der Waals surface area contributed by atoms with Crippen LogP contribution in [0.15, 0.2) is 35.6 Å². The number of rotatable bonds is 1. The molecule has 0 fully saturated rings. The van der Waals surface area contributed by atoms with Gasteiger partial charge in [-0.25, -0.2) is 0 Å². The first-order valence-corrected chi connectivity index (χ1v) is 5.76. The predicted octanol–water partition coefficient (Wildman–Crippen LogP) is 3.84. The summed E-state index contributed by atoms with van der Waals surface area (Å²) in [6, 6.07) is 0. The van der Waals surface area contributed by atoms with E-state index in [4.69, 9.17) is 4.74 Å². The number of allylic oxidation sites excluding steroid dienone is 4. The zero-order chi connectivity index (χ0) is 11.1. The van der Waals surface area contributed by atoms with E-state index in [0.717, 1.165) is 12.2 Å². The van der Waals surface area contributed by atoms with Gasteiger partial charge in [0.25, 0.3) is 0 Å². The highest BCUT2D eigenvalue weighted by atomic mass is 16.5. The number of ether oxygens (including phenoxy) is 1. The van der Waals surface area contributed by atoms with Crippen LogP contribution < -0.4 is 0 Å². The Hall–Kier alpha value is -0.980. The fourth-order valence-corrected chi connectivity index (χ4v) is 1.93. The fourth-order valence-electron chi connectivity index (χ4n) is 1.93. The van der Waals surface area contributed by atoms with Crippen molar-refractivity contribution in [2.24, 2.45) is 11.3 Å². The van der Waals surface area contributed by atoms with Gasteiger partial charge in [-0.2, -0.15) is 0 Å². The molecule has 1 unspecified atom stereocenters. The average molecular weight is 204 g/mol. The van der Waals surface area contributed by atoms with E-state index in [1.165, 1.54) is 5.57 Å². The third-order valence-corrected chi connectivity index (χ3v) is 3.14. The lowest BCUT2D eigenvalue weighted by molar-refractivity contribution is 0.109. The van der Waals surface area contributed by atoms with E-state index in [9.17, 15) is 0 Å². The first kappa shape index (κ1) is 10.5. The van der Waals surface area contributed by atoms with Gasteiger partial charge < -0.3 is 4.74 Å². The second-order valence-corrected chi connectivity index (χ2v) is 5.48. The third-order valence-electron chi connectivity index (χ3n) is 3.14. The number of hydrogen-bond donors (Lipinski definition) is 0. The molecule has 0 amide bonds. The molecule has 0 radical (unpaired) electrons. The Kier molecular flexibility index (Phi) is 2.49. The van der Waals surface area contributed by atoms with Gasteiger partial charge in [0.2, 0.25) is 0 Å². The molecule has 0 aromatic heterocycles. The summed E-state index contributed by atoms with van der Waals surface area (Å²) >= 11 is 0. The van der Waals surface area contributed by atoms with Crippen LogP contribution in [0.2, 0.25) is 0 Å². The molecule has 82 valence electrons. The van der Waals surface area contributed by atoms with Gasteiger partial charge in [0, 0.05) is 11.8 Å². The molecular weight excluding hydrogens is 184 g/mol. The van der Waals surface area contributed by atoms with Gasteiger partial charge in [0.1, 0.15) is 11.9 Å². The van der Waals surface area contributed by atoms with Crippen molar-refractivity contribution in [2.75, 3.05) is 0 Å². The highest BCUT2D eigenvalue weighted by molar-refractivity contribution is 5.38. The van der Waals surface area contributed by atoms with Crippen molar-refractivity contribution in [3.8, 4) is 0 Å². The van der Waals surface area contributed by atoms with Crippen molar-refractivity contribution >= 4 is 0 Å². The number of hydrogen-bond acceptors (Lipinski definition) is 1. The summed E-state index contributed by atoms with van der Waals surface area (Å²) in [5, 5.41) is 0. The minimum Gasteiger partial charge on any atom is -0.490 e. The van der Waals surface area contributed by atoms with Gasteiger partial charge in [-0.3, -0.25) is 0 Å². The molecule has 0 N–H and O–H groups in total. The molecule has 1 aliphatic carbocycles. The standard InChI is InChI=1S/C14H20O/c1-10(2)13-9-11-5-7-14(3,4)8-6-12(11)15-13/h5-8,10,13H,9H2,1-4H3. The van der Waals surface area contributed by atoms with Gasteiger partial charge >= 0.3 is 0 Å². The van der Waals surface area contributed by atoms with E-state index in [0.29, 0.717) is 12.0 Å². The highest BCUT2D eigenvalue weighted by Crippen LogP contribution is 2.35. The molecule has 1 nitrogen and oxygen atoms in total. The summed E-state index contributed by atoms with van der Waals surface area (Å²) in [6.07, 6.45) is 10.3. The second-order valence-electron chi connectivity index (χ2n) is 5.48. The SMILES string of the molecule is CC(C)C1CC2=C(C=CC(C)(C)C=C2)O1. The van der Waals surface area contributed by atoms with Gasteiger partial charge in [-0.1, -0.05) is 45.9 Å². The Morgan fingerprint density at radius 2 is 1.93 bits per heavy atom. The summed E-state index contributed by atoms with van der Waals surface area (Å²) in [7, 11) is 0. The molecule has 1 aliphatic heterocycles. The Morgan fingerprint density at radius 1 is 1.27 bits per heavy atom. The van der Waals surface area contributed by atoms with E-state index in [1.54, 1.807) is 0 Å². The lowest BCUT2D eigenvalue weighted by Crippen LogP contribution is -2.14. The van der Waals surface area contributed by atoms with Gasteiger partial charge in [-0.15, -0.1) is 0 Å². The van der Waals surface area contributed by atoms with Crippen LogP contribution in [0.25, 0.3) is 0 Å². The summed E-state index contributed by atoms with van der Waals surface area (Å²) < 4.78 is 5.94. The van der Waals surface area contributed by atoms with E-state index < -0.39 is 0 Å². The Bertz CT molecular complexity index is 314. The quantitative estimate of drug-likeness (QED) is 0.630. The second kappa shape index (κ2) is 3.55. The molecule has 0 spiro atoms. The first-order chi connectivity index (χ1) is 6.98. The molecule has 15 heavy (non-hydrogen) atoms. The van der Waals surface area contributed by atoms with Crippen LogP contribution in [0.3, 0.4) is 0 Å². The van der Waals surface area contributed by atoms with E-state index in [-0.39, 0.29) is 5.41 Å². The Labute approximate surface area is 92.5 Å². The van der Waals surface area contributed by atoms with Crippen molar-refractivity contribution < 1.29 is 4.74 Å². The van der Waals surface area contributed by atoms with Crippen molar-refractivity contribution in [2.45, 2.75) is 40.2 Å². The minimum absolute atomic E-state index is 0.154. The maximum Gasteiger partial charge on any atom is 0.122 e. The Morgan fingerprint density at radius 3 is 2.60 bits per heavy atom. The van der Waals surface area contributed by atoms with E-state index >= 15 is 0 Å². The predicted molar refractivity (Wildman–Crippen MR) is 63.4 cm³/mol. The molecule has 2 aliphatic rings. The molecule has 0 aromatic carbocycles. The van der Waals surface area contributed by atoms with E-state index in [2.05, 4.69) is 52.0 Å². The fraction of sp³-hybridized carbons (Fsp3) is 0.571. The van der Waals surface area contributed by atoms with Gasteiger partial charge in [0.15, 0.2) is 0 Å². The molecule has 0 saturated carbocycles. The Balaban J connectivity index is 2.18. The maximum absolute atomic E-state index is 5.94. The van der Waals surface area contributed by atoms with Gasteiger partial charge in [-0.05, 0) is 17.6 Å². The molecule has 0 aromatic rings. The molecular formula is C14H20O. The van der Waals surface area contributed by atoms with E-state index in [1.807, 2.05) is 0 Å². The first-order valence-electron chi connectivity index (χ1n) is 5.76. The zero-order valence-corrected chi connectivity index (χ0v) is 10.1. The zero-order valence-electron chi connectivity index (χ0n) is 10.1. The van der Waals surface area contributed by atoms with Crippen LogP contribution in [0.4, 0.5) is 0 Å². The summed E-state index contributed by atoms with van der Waals surface area (Å²) in [5.41, 5.74) is 1.51. The average Bonchev–Trinajstić information content (AvgIpc) is 2.50. The normalized spacial score (nSPS) is 27.9. The highest BCUT2D eigenvalue weighted by Gasteiger charge is 2.27. The molecule has 0 saturated heterocycles. The molecule has 0 bridgehead atoms. The summed E-state index contributed by atoms with van der Waals surface area (Å²) in [6.45, 7) is 8.85. The summed E-state index contributed by atoms with van der Waals surface area (Å²) in [4.78, 5) is 0. The lowest BCUT2D eigenvalue weighted by Gasteiger charge is -2.17. The largest absolute Gasteiger partial charge is 0.490 e. The topological polar surface area (TPSA) is 9.23 Å². The third kappa shape index (κ3) is 2.17. The van der Waals surface area contributed by atoms with Crippen molar-refractivity contribution in [1.29, 1.82) is 0 Å². The smallest absolute Gasteiger partial charge is 0.122 e. The molecule has 1 heterocycles. The molecule has 1 heteroatoms. The van der Waals surface area contributed by atoms with Crippen LogP contribution in [0, 0.1) is 11.3 Å². The van der Waals surface area contributed by atoms with Crippen LogP contribution in [0.5, 0.6) is 0 Å². The van der Waals surface area contributed by atoms with Crippen molar-refractivity contribution in [1.82, 2.24) is 0 Å². The van der Waals surface area contributed by atoms with Crippen LogP contribution in [-0.2, 0) is 4.74 Å². The molecule has 2 rings (SSSR count). The molecule has 1 atom stereocenters. The van der Waals surface area contributed by atoms with Gasteiger partial charge in [0.05, 0.1) is 0 Å². The van der Waals surface area contributed by atoms with Crippen LogP contribution in [-0.4, -0.2) is 6.10 Å². The van der Waals surface area contributed by atoms with Crippen LogP contribution in [0.1, 0.15) is 34.1 Å². The van der Waals surface area contributed by atoms with Crippen molar-refractivity contribution in [3.63, 3.8) is 0 Å².